The van der Waals surface area contributed by atoms with Gasteiger partial charge >= 0.3 is 0 Å². The first kappa shape index (κ1) is 17.9. The van der Waals surface area contributed by atoms with E-state index in [1.165, 1.54) is 6.07 Å². The summed E-state index contributed by atoms with van der Waals surface area (Å²) in [6, 6.07) is 10.8. The molecule has 0 aliphatic rings. The van der Waals surface area contributed by atoms with E-state index in [-0.39, 0.29) is 12.5 Å². The van der Waals surface area contributed by atoms with Gasteiger partial charge in [0.15, 0.2) is 5.58 Å². The monoisotopic (exact) mass is 357 g/mol. The summed E-state index contributed by atoms with van der Waals surface area (Å²) in [5, 5.41) is 2.76. The van der Waals surface area contributed by atoms with Gasteiger partial charge in [-0.05, 0) is 32.3 Å². The Balaban J connectivity index is 1.75. The van der Waals surface area contributed by atoms with Crippen LogP contribution in [0.15, 0.2) is 46.9 Å². The molecule has 1 N–H and O–H groups in total. The van der Waals surface area contributed by atoms with E-state index in [1.54, 1.807) is 62.5 Å². The number of methoxy groups -OCH3 is 1. The van der Waals surface area contributed by atoms with Crippen LogP contribution in [0.5, 0.6) is 5.75 Å². The minimum Gasteiger partial charge on any atom is -0.497 e. The molecule has 0 spiro atoms. The van der Waals surface area contributed by atoms with Crippen molar-refractivity contribution in [1.29, 1.82) is 0 Å². The molecule has 136 valence electrons. The summed E-state index contributed by atoms with van der Waals surface area (Å²) in [7, 11) is 5.03. The Hall–Kier alpha value is -2.93. The highest BCUT2D eigenvalue weighted by Crippen LogP contribution is 2.23. The fraction of sp³-hybridized carbons (Fsp3) is 0.263. The van der Waals surface area contributed by atoms with Crippen LogP contribution in [-0.4, -0.2) is 37.0 Å². The second-order valence-electron chi connectivity index (χ2n) is 6.05. The molecule has 0 aliphatic heterocycles. The summed E-state index contributed by atoms with van der Waals surface area (Å²) in [6.45, 7) is 0.106. The number of halogens is 1. The van der Waals surface area contributed by atoms with Crippen LogP contribution < -0.4 is 10.1 Å². The molecule has 0 saturated carbocycles. The maximum absolute atomic E-state index is 14.1. The van der Waals surface area contributed by atoms with Crippen molar-refractivity contribution < 1.29 is 18.3 Å². The number of fused-ring (bicyclic) bond motifs is 1. The zero-order valence-corrected chi connectivity index (χ0v) is 14.8. The van der Waals surface area contributed by atoms with Gasteiger partial charge in [0, 0.05) is 11.6 Å². The number of benzene rings is 2. The van der Waals surface area contributed by atoms with Crippen molar-refractivity contribution in [2.45, 2.75) is 12.6 Å². The number of nitrogens with zero attached hydrogens (tertiary/aromatic N) is 2. The number of rotatable bonds is 6. The largest absolute Gasteiger partial charge is 0.497 e. The molecule has 1 heterocycles. The molecule has 0 aliphatic carbocycles. The lowest BCUT2D eigenvalue weighted by Gasteiger charge is -2.23. The highest BCUT2D eigenvalue weighted by molar-refractivity contribution is 5.83. The number of hydrogen-bond donors (Lipinski definition) is 1. The number of carbonyl (C=O) groups is 1. The number of likely N-dealkylation sites (N-methyl/N-ethyl adjacent to an activating group) is 1. The normalized spacial score (nSPS) is 12.3. The van der Waals surface area contributed by atoms with Crippen molar-refractivity contribution in [2.24, 2.45) is 0 Å². The molecule has 0 radical (unpaired) electrons. The minimum absolute atomic E-state index is 0.106. The Kier molecular flexibility index (Phi) is 5.18. The summed E-state index contributed by atoms with van der Waals surface area (Å²) in [6.07, 6.45) is 0. The van der Waals surface area contributed by atoms with Gasteiger partial charge in [-0.25, -0.2) is 9.37 Å². The molecule has 1 atom stereocenters. The Morgan fingerprint density at radius 1 is 1.31 bits per heavy atom. The quantitative estimate of drug-likeness (QED) is 0.735. The molecule has 0 unspecified atom stereocenters. The first-order valence-electron chi connectivity index (χ1n) is 8.11. The maximum Gasteiger partial charge on any atom is 0.242 e. The molecule has 0 fully saturated rings. The maximum atomic E-state index is 14.1. The summed E-state index contributed by atoms with van der Waals surface area (Å²) in [4.78, 5) is 18.6. The molecule has 0 bridgehead atoms. The van der Waals surface area contributed by atoms with Crippen LogP contribution >= 0.6 is 0 Å². The van der Waals surface area contributed by atoms with Crippen LogP contribution in [0.2, 0.25) is 0 Å². The van der Waals surface area contributed by atoms with Crippen LogP contribution in [0.25, 0.3) is 11.1 Å². The number of ether oxygens (including phenoxy) is 1. The second-order valence-corrected chi connectivity index (χ2v) is 6.05. The number of hydrogen-bond acceptors (Lipinski definition) is 5. The summed E-state index contributed by atoms with van der Waals surface area (Å²) >= 11 is 0. The molecule has 6 nitrogen and oxygen atoms in total. The van der Waals surface area contributed by atoms with Crippen LogP contribution in [-0.2, 0) is 11.3 Å². The minimum atomic E-state index is -0.749. The Labute approximate surface area is 150 Å². The highest BCUT2D eigenvalue weighted by Gasteiger charge is 2.25. The van der Waals surface area contributed by atoms with E-state index >= 15 is 0 Å². The van der Waals surface area contributed by atoms with Gasteiger partial charge in [0.25, 0.3) is 0 Å². The van der Waals surface area contributed by atoms with Crippen LogP contribution in [0.1, 0.15) is 17.5 Å². The number of carbonyl (C=O) groups excluding carboxylic acids is 1. The van der Waals surface area contributed by atoms with Crippen molar-refractivity contribution in [3.8, 4) is 5.75 Å². The molecule has 26 heavy (non-hydrogen) atoms. The van der Waals surface area contributed by atoms with E-state index in [2.05, 4.69) is 10.3 Å². The predicted octanol–water partition coefficient (Wildman–Crippen LogP) is 2.89. The topological polar surface area (TPSA) is 67.6 Å². The Morgan fingerprint density at radius 3 is 2.77 bits per heavy atom. The zero-order valence-electron chi connectivity index (χ0n) is 14.8. The fourth-order valence-electron chi connectivity index (χ4n) is 2.77. The number of oxazole rings is 1. The van der Waals surface area contributed by atoms with E-state index < -0.39 is 11.9 Å². The second kappa shape index (κ2) is 7.53. The summed E-state index contributed by atoms with van der Waals surface area (Å²) in [5.41, 5.74) is 1.57. The van der Waals surface area contributed by atoms with Crippen molar-refractivity contribution in [1.82, 2.24) is 15.2 Å². The average molecular weight is 357 g/mol. The molecule has 7 heteroatoms. The van der Waals surface area contributed by atoms with Gasteiger partial charge in [0.2, 0.25) is 11.8 Å². The number of amides is 1. The van der Waals surface area contributed by atoms with E-state index in [4.69, 9.17) is 9.15 Å². The zero-order chi connectivity index (χ0) is 18.7. The van der Waals surface area contributed by atoms with Gasteiger partial charge in [0.1, 0.15) is 23.1 Å². The molecule has 3 aromatic rings. The summed E-state index contributed by atoms with van der Waals surface area (Å²) in [5.74, 6) is 0.288. The SMILES string of the molecule is COc1ccc2oc(CNC(=O)[C@@H](c3ccccc3F)N(C)C)nc2c1. The van der Waals surface area contributed by atoms with E-state index in [0.717, 1.165) is 0 Å². The third-order valence-corrected chi connectivity index (χ3v) is 4.02. The Bertz CT molecular complexity index is 923. The predicted molar refractivity (Wildman–Crippen MR) is 95.2 cm³/mol. The van der Waals surface area contributed by atoms with Gasteiger partial charge in [-0.15, -0.1) is 0 Å². The van der Waals surface area contributed by atoms with Crippen molar-refractivity contribution >= 4 is 17.0 Å². The van der Waals surface area contributed by atoms with Gasteiger partial charge < -0.3 is 14.5 Å². The third kappa shape index (κ3) is 3.67. The standard InChI is InChI=1S/C19H20FN3O3/c1-23(2)18(13-6-4-5-7-14(13)20)19(24)21-11-17-22-15-10-12(25-3)8-9-16(15)26-17/h4-10,18H,11H2,1-3H3,(H,21,24)/t18-/m1/s1. The lowest BCUT2D eigenvalue weighted by molar-refractivity contribution is -0.126. The van der Waals surface area contributed by atoms with E-state index in [9.17, 15) is 9.18 Å². The van der Waals surface area contributed by atoms with Crippen LogP contribution in [0.4, 0.5) is 4.39 Å². The molecule has 0 saturated heterocycles. The first-order chi connectivity index (χ1) is 12.5. The highest BCUT2D eigenvalue weighted by atomic mass is 19.1. The average Bonchev–Trinajstić information content (AvgIpc) is 3.03. The summed E-state index contributed by atoms with van der Waals surface area (Å²) < 4.78 is 24.9. The third-order valence-electron chi connectivity index (χ3n) is 4.02. The molecule has 1 amide bonds. The smallest absolute Gasteiger partial charge is 0.242 e. The molecule has 3 rings (SSSR count). The molecule has 2 aromatic carbocycles. The van der Waals surface area contributed by atoms with Gasteiger partial charge in [0.05, 0.1) is 13.7 Å². The Morgan fingerprint density at radius 2 is 2.08 bits per heavy atom. The first-order valence-corrected chi connectivity index (χ1v) is 8.11. The van der Waals surface area contributed by atoms with Crippen molar-refractivity contribution in [3.05, 3.63) is 59.7 Å². The molecule has 1 aromatic heterocycles. The lowest BCUT2D eigenvalue weighted by Crippen LogP contribution is -2.37. The van der Waals surface area contributed by atoms with Crippen LogP contribution in [0.3, 0.4) is 0 Å². The van der Waals surface area contributed by atoms with Gasteiger partial charge in [-0.3, -0.25) is 9.69 Å². The molecular formula is C19H20FN3O3. The van der Waals surface area contributed by atoms with Gasteiger partial charge in [-0.2, -0.15) is 0 Å². The van der Waals surface area contributed by atoms with Crippen molar-refractivity contribution in [3.63, 3.8) is 0 Å². The number of aromatic nitrogens is 1. The molecular weight excluding hydrogens is 337 g/mol. The van der Waals surface area contributed by atoms with Crippen molar-refractivity contribution in [2.75, 3.05) is 21.2 Å². The van der Waals surface area contributed by atoms with E-state index in [1.807, 2.05) is 0 Å². The number of nitrogens with one attached hydrogen (secondary N) is 1. The lowest BCUT2D eigenvalue weighted by atomic mass is 10.0. The van der Waals surface area contributed by atoms with Crippen LogP contribution in [0, 0.1) is 5.82 Å². The van der Waals surface area contributed by atoms with E-state index in [0.29, 0.717) is 28.3 Å². The fourth-order valence-corrected chi connectivity index (χ4v) is 2.77. The van der Waals surface area contributed by atoms with Gasteiger partial charge in [-0.1, -0.05) is 18.2 Å².